The number of hydrogen-bond acceptors (Lipinski definition) is 8. The first-order valence-electron chi connectivity index (χ1n) is 28.9. The Morgan fingerprint density at radius 2 is 0.352 bits per heavy atom. The van der Waals surface area contributed by atoms with Crippen molar-refractivity contribution in [1.82, 2.24) is 0 Å². The Morgan fingerprint density at radius 1 is 0.182 bits per heavy atom. The SMILES string of the molecule is O=C1c2ccccc2C(=O)c2ccccc21.O=C1c2ccccc2Cc2ccccc21.O=C1c2ccccc2Cc2ccccc21.O=c1c2ccccc2oc2ccccc12.O=c1c2ccccc2oc2ccccc12.c1ccc2c(c1)-c1ccccc1-2. The second-order valence-electron chi connectivity index (χ2n) is 21.3. The second kappa shape index (κ2) is 24.5. The van der Waals surface area contributed by atoms with Gasteiger partial charge in [-0.1, -0.05) is 243 Å². The van der Waals surface area contributed by atoms with Gasteiger partial charge in [0.1, 0.15) is 22.3 Å². The van der Waals surface area contributed by atoms with Crippen LogP contribution in [-0.4, -0.2) is 23.1 Å². The molecule has 8 heteroatoms. The maximum atomic E-state index is 12.1. The van der Waals surface area contributed by atoms with Gasteiger partial charge < -0.3 is 8.83 Å². The quantitative estimate of drug-likeness (QED) is 0.137. The third-order valence-electron chi connectivity index (χ3n) is 16.0. The van der Waals surface area contributed by atoms with Crippen molar-refractivity contribution in [3.8, 4) is 22.3 Å². The highest BCUT2D eigenvalue weighted by Crippen LogP contribution is 2.46. The van der Waals surface area contributed by atoms with Crippen LogP contribution >= 0.6 is 0 Å². The summed E-state index contributed by atoms with van der Waals surface area (Å²) in [6.45, 7) is 0. The van der Waals surface area contributed by atoms with E-state index in [4.69, 9.17) is 8.83 Å². The van der Waals surface area contributed by atoms with E-state index in [1.807, 2.05) is 170 Å². The highest BCUT2D eigenvalue weighted by molar-refractivity contribution is 6.28. The topological polar surface area (TPSA) is 129 Å². The van der Waals surface area contributed by atoms with Gasteiger partial charge in [0.05, 0.1) is 21.5 Å². The molecule has 0 N–H and O–H groups in total. The van der Waals surface area contributed by atoms with Crippen molar-refractivity contribution >= 4 is 67.0 Å². The molecule has 0 fully saturated rings. The number of ketones is 4. The average molecular weight is 1140 g/mol. The van der Waals surface area contributed by atoms with Gasteiger partial charge in [-0.05, 0) is 106 Å². The van der Waals surface area contributed by atoms with E-state index in [0.717, 1.165) is 57.3 Å². The zero-order valence-electron chi connectivity index (χ0n) is 47.4. The molecule has 12 aromatic carbocycles. The van der Waals surface area contributed by atoms with Gasteiger partial charge in [0, 0.05) is 44.5 Å². The number of carbonyl (C=O) groups is 4. The van der Waals surface area contributed by atoms with Crippen LogP contribution in [0.1, 0.15) is 85.9 Å². The highest BCUT2D eigenvalue weighted by Gasteiger charge is 2.29. The fourth-order valence-electron chi connectivity index (χ4n) is 11.7. The molecule has 18 rings (SSSR count). The largest absolute Gasteiger partial charge is 0.456 e. The lowest BCUT2D eigenvalue weighted by molar-refractivity contribution is 0.0979. The summed E-state index contributed by atoms with van der Waals surface area (Å²) in [6, 6.07) is 91.6. The minimum absolute atomic E-state index is 0.0347. The molecule has 14 aromatic rings. The Bertz CT molecular complexity index is 4560. The van der Waals surface area contributed by atoms with Crippen LogP contribution in [0.15, 0.2) is 310 Å². The molecule has 4 aliphatic rings. The van der Waals surface area contributed by atoms with Crippen molar-refractivity contribution in [2.24, 2.45) is 0 Å². The molecule has 0 saturated carbocycles. The molecule has 8 nitrogen and oxygen atoms in total. The molecular weight excluding hydrogens is 1090 g/mol. The van der Waals surface area contributed by atoms with Gasteiger partial charge in [-0.25, -0.2) is 0 Å². The molecule has 0 saturated heterocycles. The van der Waals surface area contributed by atoms with E-state index in [0.29, 0.717) is 66.1 Å². The van der Waals surface area contributed by atoms with E-state index in [1.54, 1.807) is 72.8 Å². The monoisotopic (exact) mass is 1140 g/mol. The van der Waals surface area contributed by atoms with Crippen LogP contribution in [0.2, 0.25) is 0 Å². The summed E-state index contributed by atoms with van der Waals surface area (Å²) in [5.41, 5.74) is 18.2. The maximum absolute atomic E-state index is 12.1. The van der Waals surface area contributed by atoms with Crippen molar-refractivity contribution in [1.29, 1.82) is 0 Å². The minimum Gasteiger partial charge on any atom is -0.456 e. The van der Waals surface area contributed by atoms with Crippen molar-refractivity contribution in [2.75, 3.05) is 0 Å². The van der Waals surface area contributed by atoms with Crippen LogP contribution in [0, 0.1) is 0 Å². The van der Waals surface area contributed by atoms with E-state index in [9.17, 15) is 28.8 Å². The van der Waals surface area contributed by atoms with Crippen molar-refractivity contribution in [3.05, 3.63) is 378 Å². The lowest BCUT2D eigenvalue weighted by Gasteiger charge is -2.22. The Labute approximate surface area is 505 Å². The van der Waals surface area contributed by atoms with Gasteiger partial charge in [-0.2, -0.15) is 0 Å². The summed E-state index contributed by atoms with van der Waals surface area (Å²) in [5.74, 6) is 0.191. The standard InChI is InChI=1S/C14H8O2.2C14H10O.2C13H8O2.C12H8/c15-13-9-5-1-2-6-10(9)14(16)12-8-4-3-7-11(12)13;2*15-14-12-7-3-1-5-10(12)9-11-6-2-4-8-13(11)14;2*14-13-9-5-1-3-7-11(9)15-12-8-4-2-6-10(12)13;1-2-6-10-9(5-1)11-7-3-4-8-12(10)11/h1-8H;2*1-8H,9H2;2*1-8H;1-8H. The van der Waals surface area contributed by atoms with Crippen molar-refractivity contribution < 1.29 is 28.0 Å². The molecule has 420 valence electrons. The van der Waals surface area contributed by atoms with E-state index >= 15 is 0 Å². The van der Waals surface area contributed by atoms with Crippen LogP contribution in [0.5, 0.6) is 0 Å². The highest BCUT2D eigenvalue weighted by atomic mass is 16.3. The van der Waals surface area contributed by atoms with Gasteiger partial charge in [-0.3, -0.25) is 28.8 Å². The molecule has 0 bridgehead atoms. The van der Waals surface area contributed by atoms with Gasteiger partial charge in [0.25, 0.3) is 0 Å². The molecular formula is C80H52O8. The summed E-state index contributed by atoms with van der Waals surface area (Å²) in [7, 11) is 0. The summed E-state index contributed by atoms with van der Waals surface area (Å²) in [6.07, 6.45) is 1.75. The number of para-hydroxylation sites is 4. The molecule has 0 amide bonds. The molecule has 0 atom stereocenters. The molecule has 2 heterocycles. The molecule has 2 aromatic heterocycles. The maximum Gasteiger partial charge on any atom is 0.200 e. The number of rotatable bonds is 0. The average Bonchev–Trinajstić information content (AvgIpc) is 2.16. The van der Waals surface area contributed by atoms with E-state index in [1.165, 1.54) is 22.3 Å². The number of carbonyl (C=O) groups excluding carboxylic acids is 4. The number of fused-ring (bicyclic) bond motifs is 14. The summed E-state index contributed by atoms with van der Waals surface area (Å²) >= 11 is 0. The predicted octanol–water partition coefficient (Wildman–Crippen LogP) is 17.3. The van der Waals surface area contributed by atoms with E-state index < -0.39 is 0 Å². The van der Waals surface area contributed by atoms with Crippen LogP contribution in [0.25, 0.3) is 66.1 Å². The summed E-state index contributed by atoms with van der Waals surface area (Å²) < 4.78 is 11.3. The first kappa shape index (κ1) is 55.4. The predicted molar refractivity (Wildman–Crippen MR) is 349 cm³/mol. The molecule has 0 aliphatic heterocycles. The van der Waals surface area contributed by atoms with E-state index in [-0.39, 0.29) is 34.0 Å². The Morgan fingerprint density at radius 3 is 0.591 bits per heavy atom. The lowest BCUT2D eigenvalue weighted by atomic mass is 9.81. The first-order valence-corrected chi connectivity index (χ1v) is 28.9. The van der Waals surface area contributed by atoms with Gasteiger partial charge in [0.15, 0.2) is 23.1 Å². The Kier molecular flexibility index (Phi) is 15.4. The number of benzene rings is 12. The van der Waals surface area contributed by atoms with Crippen LogP contribution < -0.4 is 10.9 Å². The van der Waals surface area contributed by atoms with Crippen LogP contribution in [0.4, 0.5) is 0 Å². The minimum atomic E-state index is -0.0641. The molecule has 0 unspecified atom stereocenters. The molecule has 4 aliphatic carbocycles. The van der Waals surface area contributed by atoms with Crippen molar-refractivity contribution in [2.45, 2.75) is 12.8 Å². The number of hydrogen-bond donors (Lipinski definition) is 0. The second-order valence-corrected chi connectivity index (χ2v) is 21.3. The van der Waals surface area contributed by atoms with Crippen LogP contribution in [0.3, 0.4) is 0 Å². The molecule has 88 heavy (non-hydrogen) atoms. The summed E-state index contributed by atoms with van der Waals surface area (Å²) in [5, 5.41) is 2.54. The lowest BCUT2D eigenvalue weighted by Crippen LogP contribution is -2.20. The summed E-state index contributed by atoms with van der Waals surface area (Å²) in [4.78, 5) is 72.5. The van der Waals surface area contributed by atoms with Gasteiger partial charge in [0.2, 0.25) is 10.9 Å². The Hall–Kier alpha value is -11.7. The van der Waals surface area contributed by atoms with Gasteiger partial charge in [-0.15, -0.1) is 0 Å². The third kappa shape index (κ3) is 10.8. The Balaban J connectivity index is 0.0000000976. The van der Waals surface area contributed by atoms with E-state index in [2.05, 4.69) is 48.5 Å². The fraction of sp³-hybridized carbons (Fsp3) is 0.0250. The third-order valence-corrected chi connectivity index (χ3v) is 16.0. The molecule has 0 spiro atoms. The normalized spacial score (nSPS) is 12.2. The fourth-order valence-corrected chi connectivity index (χ4v) is 11.7. The smallest absolute Gasteiger partial charge is 0.200 e. The zero-order chi connectivity index (χ0) is 60.1. The first-order chi connectivity index (χ1) is 43.2. The van der Waals surface area contributed by atoms with Gasteiger partial charge >= 0.3 is 0 Å². The molecule has 0 radical (unpaired) electrons. The van der Waals surface area contributed by atoms with Crippen molar-refractivity contribution in [3.63, 3.8) is 0 Å². The zero-order valence-corrected chi connectivity index (χ0v) is 47.4. The van der Waals surface area contributed by atoms with Crippen LogP contribution in [-0.2, 0) is 12.8 Å².